The number of carbonyl (C=O) groups excluding carboxylic acids is 1. The van der Waals surface area contributed by atoms with Gasteiger partial charge in [0.2, 0.25) is 5.91 Å². The van der Waals surface area contributed by atoms with Crippen molar-refractivity contribution in [3.63, 3.8) is 0 Å². The lowest BCUT2D eigenvalue weighted by Crippen LogP contribution is -2.55. The molecule has 34 heavy (non-hydrogen) atoms. The molecule has 3 fully saturated rings. The van der Waals surface area contributed by atoms with Gasteiger partial charge in [0.1, 0.15) is 0 Å². The first kappa shape index (κ1) is 24.1. The van der Waals surface area contributed by atoms with Crippen LogP contribution in [0.25, 0.3) is 0 Å². The van der Waals surface area contributed by atoms with Crippen molar-refractivity contribution in [2.24, 2.45) is 46.3 Å². The van der Waals surface area contributed by atoms with E-state index in [1.54, 1.807) is 0 Å². The third kappa shape index (κ3) is 3.97. The topological polar surface area (TPSA) is 29.1 Å². The molecule has 1 N–H and O–H groups in total. The molecule has 3 aliphatic carbocycles. The van der Waals surface area contributed by atoms with Gasteiger partial charge in [-0.25, -0.2) is 0 Å². The van der Waals surface area contributed by atoms with Crippen LogP contribution in [0.2, 0.25) is 0 Å². The Morgan fingerprint density at radius 3 is 2.47 bits per heavy atom. The van der Waals surface area contributed by atoms with E-state index in [-0.39, 0.29) is 11.3 Å². The summed E-state index contributed by atoms with van der Waals surface area (Å²) in [7, 11) is 0. The number of rotatable bonds is 6. The minimum Gasteiger partial charge on any atom is -0.330 e. The molecule has 2 heteroatoms. The third-order valence-corrected chi connectivity index (χ3v) is 11.1. The predicted octanol–water partition coefficient (Wildman–Crippen LogP) is 8.11. The number of nitrogens with one attached hydrogen (secondary N) is 1. The number of fused-ring (bicyclic) bond motifs is 5. The van der Waals surface area contributed by atoms with Crippen LogP contribution in [0.3, 0.4) is 0 Å². The van der Waals surface area contributed by atoms with Gasteiger partial charge < -0.3 is 5.32 Å². The molecular weight excluding hydrogens is 414 g/mol. The molecule has 0 aromatic heterocycles. The molecule has 1 aliphatic heterocycles. The molecule has 1 amide bonds. The van der Waals surface area contributed by atoms with Crippen molar-refractivity contribution in [1.82, 2.24) is 5.32 Å². The fourth-order valence-corrected chi connectivity index (χ4v) is 9.23. The summed E-state index contributed by atoms with van der Waals surface area (Å²) >= 11 is 0. The number of hydrogen-bond donors (Lipinski definition) is 1. The summed E-state index contributed by atoms with van der Waals surface area (Å²) in [4.78, 5) is 12.4. The lowest BCUT2D eigenvalue weighted by Gasteiger charge is -2.59. The second kappa shape index (κ2) is 9.14. The number of amides is 1. The summed E-state index contributed by atoms with van der Waals surface area (Å²) in [5.41, 5.74) is 3.28. The number of benzene rings is 1. The minimum atomic E-state index is 0.131. The summed E-state index contributed by atoms with van der Waals surface area (Å²) in [5, 5.41) is 3.34. The molecule has 186 valence electrons. The smallest absolute Gasteiger partial charge is 0.224 e. The first-order chi connectivity index (χ1) is 16.2. The van der Waals surface area contributed by atoms with Gasteiger partial charge in [-0.1, -0.05) is 90.3 Å². The van der Waals surface area contributed by atoms with Crippen LogP contribution in [0.5, 0.6) is 0 Å². The van der Waals surface area contributed by atoms with Gasteiger partial charge in [0.05, 0.1) is 0 Å². The fourth-order valence-electron chi connectivity index (χ4n) is 9.23. The van der Waals surface area contributed by atoms with Gasteiger partial charge in [-0.2, -0.15) is 0 Å². The fraction of sp³-hybridized carbons (Fsp3) is 0.719. The zero-order chi connectivity index (χ0) is 24.1. The van der Waals surface area contributed by atoms with Crippen molar-refractivity contribution in [2.75, 3.05) is 0 Å². The molecule has 0 bridgehead atoms. The summed E-state index contributed by atoms with van der Waals surface area (Å²) in [5.74, 6) is 5.32. The Labute approximate surface area is 208 Å². The highest BCUT2D eigenvalue weighted by Crippen LogP contribution is 2.68. The first-order valence-electron chi connectivity index (χ1n) is 14.3. The minimum absolute atomic E-state index is 0.131. The van der Waals surface area contributed by atoms with Crippen LogP contribution in [0.1, 0.15) is 104 Å². The maximum atomic E-state index is 12.4. The molecule has 1 heterocycles. The maximum absolute atomic E-state index is 12.4. The summed E-state index contributed by atoms with van der Waals surface area (Å²) in [6.07, 6.45) is 13.9. The van der Waals surface area contributed by atoms with E-state index < -0.39 is 0 Å². The van der Waals surface area contributed by atoms with Crippen LogP contribution in [0.4, 0.5) is 0 Å². The van der Waals surface area contributed by atoms with Gasteiger partial charge in [0, 0.05) is 23.5 Å². The monoisotopic (exact) mass is 461 g/mol. The molecule has 2 nitrogen and oxygen atoms in total. The van der Waals surface area contributed by atoms with E-state index >= 15 is 0 Å². The third-order valence-electron chi connectivity index (χ3n) is 11.1. The highest BCUT2D eigenvalue weighted by Gasteiger charge is 2.61. The summed E-state index contributed by atoms with van der Waals surface area (Å²) in [6.45, 7) is 12.4. The molecule has 1 aromatic rings. The SMILES string of the molecule is CC(C)CCC[C@@H](C)[C@H]1CC[C@H]2[C@@H]3[C@@H](c4ccccc4)C=C4NC(=O)CC[C@]4(C)[C@H]3CC[C@]12C. The molecule has 0 spiro atoms. The van der Waals surface area contributed by atoms with Crippen molar-refractivity contribution >= 4 is 5.91 Å². The molecular formula is C32H47NO. The van der Waals surface area contributed by atoms with Gasteiger partial charge >= 0.3 is 0 Å². The lowest BCUT2D eigenvalue weighted by molar-refractivity contribution is -0.125. The van der Waals surface area contributed by atoms with Crippen molar-refractivity contribution in [3.8, 4) is 0 Å². The van der Waals surface area contributed by atoms with Gasteiger partial charge in [-0.3, -0.25) is 4.79 Å². The van der Waals surface area contributed by atoms with E-state index in [9.17, 15) is 4.79 Å². The molecule has 1 aromatic carbocycles. The molecule has 8 atom stereocenters. The first-order valence-corrected chi connectivity index (χ1v) is 14.3. The van der Waals surface area contributed by atoms with Crippen molar-refractivity contribution in [2.45, 2.75) is 98.3 Å². The Balaban J connectivity index is 1.48. The van der Waals surface area contributed by atoms with Crippen LogP contribution in [0.15, 0.2) is 42.1 Å². The van der Waals surface area contributed by atoms with Crippen molar-refractivity contribution < 1.29 is 4.79 Å². The van der Waals surface area contributed by atoms with Crippen molar-refractivity contribution in [3.05, 3.63) is 47.7 Å². The van der Waals surface area contributed by atoms with Crippen molar-refractivity contribution in [1.29, 1.82) is 0 Å². The largest absolute Gasteiger partial charge is 0.330 e. The Hall–Kier alpha value is -1.57. The molecule has 0 radical (unpaired) electrons. The van der Waals surface area contributed by atoms with E-state index in [0.717, 1.165) is 30.1 Å². The average molecular weight is 462 g/mol. The van der Waals surface area contributed by atoms with E-state index in [0.29, 0.717) is 29.6 Å². The van der Waals surface area contributed by atoms with E-state index in [1.807, 2.05) is 0 Å². The zero-order valence-corrected chi connectivity index (χ0v) is 22.3. The van der Waals surface area contributed by atoms with E-state index in [1.165, 1.54) is 56.2 Å². The van der Waals surface area contributed by atoms with Crippen LogP contribution in [-0.2, 0) is 4.79 Å². The molecule has 2 saturated carbocycles. The second-order valence-electron chi connectivity index (χ2n) is 13.3. The number of allylic oxidation sites excluding steroid dienone is 2. The molecule has 1 saturated heterocycles. The molecule has 0 unspecified atom stereocenters. The maximum Gasteiger partial charge on any atom is 0.224 e. The zero-order valence-electron chi connectivity index (χ0n) is 22.3. The second-order valence-corrected chi connectivity index (χ2v) is 13.3. The number of carbonyl (C=O) groups is 1. The standard InChI is InChI=1S/C32H47NO/c1-21(2)10-9-11-22(3)25-14-15-26-30-24(23-12-7-6-8-13-23)20-28-32(5,19-17-29(34)33-28)27(30)16-18-31(25,26)4/h6-8,12-13,20-22,24-27,30H,9-11,14-19H2,1-5H3,(H,33,34)/t22-,24-,25-,26+,27+,30+,31-,32-/m1/s1. The van der Waals surface area contributed by atoms with Crippen LogP contribution >= 0.6 is 0 Å². The van der Waals surface area contributed by atoms with Crippen LogP contribution < -0.4 is 5.32 Å². The summed E-state index contributed by atoms with van der Waals surface area (Å²) in [6, 6.07) is 11.2. The Morgan fingerprint density at radius 1 is 0.971 bits per heavy atom. The number of hydrogen-bond acceptors (Lipinski definition) is 1. The predicted molar refractivity (Wildman–Crippen MR) is 141 cm³/mol. The Morgan fingerprint density at radius 2 is 1.74 bits per heavy atom. The molecule has 5 rings (SSSR count). The van der Waals surface area contributed by atoms with Gasteiger partial charge in [0.15, 0.2) is 0 Å². The summed E-state index contributed by atoms with van der Waals surface area (Å²) < 4.78 is 0. The Bertz CT molecular complexity index is 918. The normalized spacial score (nSPS) is 40.1. The van der Waals surface area contributed by atoms with Gasteiger partial charge in [-0.15, -0.1) is 0 Å². The average Bonchev–Trinajstić information content (AvgIpc) is 3.17. The van der Waals surface area contributed by atoms with Gasteiger partial charge in [0.25, 0.3) is 0 Å². The lowest BCUT2D eigenvalue weighted by atomic mass is 9.46. The Kier molecular flexibility index (Phi) is 6.49. The number of piperidine rings is 1. The van der Waals surface area contributed by atoms with E-state index in [2.05, 4.69) is 76.3 Å². The highest BCUT2D eigenvalue weighted by molar-refractivity contribution is 5.79. The van der Waals surface area contributed by atoms with Crippen LogP contribution in [-0.4, -0.2) is 5.91 Å². The molecule has 4 aliphatic rings. The highest BCUT2D eigenvalue weighted by atomic mass is 16.1. The quantitative estimate of drug-likeness (QED) is 0.455. The van der Waals surface area contributed by atoms with Crippen LogP contribution in [0, 0.1) is 46.3 Å². The van der Waals surface area contributed by atoms with Gasteiger partial charge in [-0.05, 0) is 78.6 Å². The van der Waals surface area contributed by atoms with E-state index in [4.69, 9.17) is 0 Å².